The maximum absolute atomic E-state index is 6.21. The van der Waals surface area contributed by atoms with E-state index in [2.05, 4.69) is 34.1 Å². The molecule has 1 saturated heterocycles. The molecule has 0 radical (unpaired) electrons. The van der Waals surface area contributed by atoms with Crippen LogP contribution in [-0.2, 0) is 6.54 Å². The molecule has 1 aliphatic heterocycles. The molecule has 3 unspecified atom stereocenters. The minimum Gasteiger partial charge on any atom is -0.327 e. The second-order valence-corrected chi connectivity index (χ2v) is 6.39. The number of hydrogen-bond donors (Lipinski definition) is 1. The number of benzene rings is 1. The molecule has 2 fully saturated rings. The van der Waals surface area contributed by atoms with Gasteiger partial charge in [0.1, 0.15) is 0 Å². The predicted molar refractivity (Wildman–Crippen MR) is 88.5 cm³/mol. The van der Waals surface area contributed by atoms with Gasteiger partial charge in [0.15, 0.2) is 0 Å². The maximum Gasteiger partial charge on any atom is 0.0702 e. The monoisotopic (exact) mass is 303 g/mol. The Morgan fingerprint density at radius 1 is 1.19 bits per heavy atom. The molecule has 0 bridgehead atoms. The Morgan fingerprint density at radius 2 is 2.10 bits per heavy atom. The molecular weight excluding hydrogens is 282 g/mol. The summed E-state index contributed by atoms with van der Waals surface area (Å²) in [6.07, 6.45) is 4.40. The fourth-order valence-electron chi connectivity index (χ4n) is 4.01. The van der Waals surface area contributed by atoms with Crippen LogP contribution < -0.4 is 5.73 Å². The summed E-state index contributed by atoms with van der Waals surface area (Å²) in [7, 11) is 0. The molecule has 1 aliphatic carbocycles. The van der Waals surface area contributed by atoms with Crippen molar-refractivity contribution in [3.63, 3.8) is 0 Å². The molecule has 1 saturated carbocycles. The first-order valence-corrected chi connectivity index (χ1v) is 7.61. The van der Waals surface area contributed by atoms with E-state index in [0.717, 1.165) is 23.9 Å². The van der Waals surface area contributed by atoms with Crippen molar-refractivity contribution >= 4 is 23.3 Å². The van der Waals surface area contributed by atoms with Gasteiger partial charge in [-0.1, -0.05) is 12.1 Å². The van der Waals surface area contributed by atoms with Crippen molar-refractivity contribution in [1.29, 1.82) is 0 Å². The fourth-order valence-corrected chi connectivity index (χ4v) is 4.01. The summed E-state index contributed by atoms with van der Waals surface area (Å²) in [6.45, 7) is 3.45. The van der Waals surface area contributed by atoms with Gasteiger partial charge in [-0.05, 0) is 48.4 Å². The molecule has 4 rings (SSSR count). The highest BCUT2D eigenvalue weighted by Crippen LogP contribution is 2.37. The van der Waals surface area contributed by atoms with Crippen LogP contribution in [0.15, 0.2) is 36.5 Å². The molecule has 2 aromatic rings. The Kier molecular flexibility index (Phi) is 4.16. The first-order chi connectivity index (χ1) is 9.79. The number of fused-ring (bicyclic) bond motifs is 2. The summed E-state index contributed by atoms with van der Waals surface area (Å²) in [5, 5.41) is 1.24. The van der Waals surface area contributed by atoms with Gasteiger partial charge in [0.2, 0.25) is 0 Å². The molecule has 1 aromatic carbocycles. The van der Waals surface area contributed by atoms with Crippen LogP contribution in [0.3, 0.4) is 0 Å². The van der Waals surface area contributed by atoms with E-state index in [4.69, 9.17) is 5.73 Å². The number of likely N-dealkylation sites (tertiary alicyclic amines) is 1. The van der Waals surface area contributed by atoms with Gasteiger partial charge < -0.3 is 5.73 Å². The van der Waals surface area contributed by atoms with Crippen molar-refractivity contribution < 1.29 is 0 Å². The highest BCUT2D eigenvalue weighted by molar-refractivity contribution is 5.85. The smallest absolute Gasteiger partial charge is 0.0702 e. The fraction of sp³-hybridized carbons (Fsp3) is 0.471. The third-order valence-electron chi connectivity index (χ3n) is 5.06. The molecule has 2 N–H and O–H groups in total. The van der Waals surface area contributed by atoms with Crippen molar-refractivity contribution in [3.8, 4) is 0 Å². The van der Waals surface area contributed by atoms with Gasteiger partial charge in [-0.2, -0.15) is 0 Å². The topological polar surface area (TPSA) is 42.1 Å². The van der Waals surface area contributed by atoms with Crippen molar-refractivity contribution in [2.24, 2.45) is 17.6 Å². The van der Waals surface area contributed by atoms with E-state index in [0.29, 0.717) is 6.04 Å². The van der Waals surface area contributed by atoms with Crippen LogP contribution in [0.1, 0.15) is 18.4 Å². The van der Waals surface area contributed by atoms with E-state index in [1.807, 2.05) is 12.3 Å². The first kappa shape index (κ1) is 14.8. The standard InChI is InChI=1S/C17H21N3.ClH/c18-16-5-4-14-10-20(11-15(14)16)9-12-3-6-17-13(8-12)2-1-7-19-17;/h1-3,6-8,14-16H,4-5,9-11,18H2;1H. The summed E-state index contributed by atoms with van der Waals surface area (Å²) in [5.74, 6) is 1.57. The van der Waals surface area contributed by atoms with Crippen molar-refractivity contribution in [2.45, 2.75) is 25.4 Å². The van der Waals surface area contributed by atoms with Gasteiger partial charge in [0, 0.05) is 37.3 Å². The Bertz CT molecular complexity index is 630. The molecule has 3 nitrogen and oxygen atoms in total. The van der Waals surface area contributed by atoms with Crippen molar-refractivity contribution in [1.82, 2.24) is 9.88 Å². The summed E-state index contributed by atoms with van der Waals surface area (Å²) in [4.78, 5) is 6.96. The van der Waals surface area contributed by atoms with Gasteiger partial charge in [0.25, 0.3) is 0 Å². The van der Waals surface area contributed by atoms with Gasteiger partial charge >= 0.3 is 0 Å². The average molecular weight is 304 g/mol. The van der Waals surface area contributed by atoms with Crippen LogP contribution in [-0.4, -0.2) is 29.0 Å². The van der Waals surface area contributed by atoms with Crippen LogP contribution in [0.5, 0.6) is 0 Å². The molecule has 2 heterocycles. The van der Waals surface area contributed by atoms with Crippen molar-refractivity contribution in [3.05, 3.63) is 42.1 Å². The summed E-state index contributed by atoms with van der Waals surface area (Å²) in [5.41, 5.74) is 8.68. The van der Waals surface area contributed by atoms with Crippen molar-refractivity contribution in [2.75, 3.05) is 13.1 Å². The van der Waals surface area contributed by atoms with Gasteiger partial charge in [-0.15, -0.1) is 12.4 Å². The highest BCUT2D eigenvalue weighted by atomic mass is 35.5. The summed E-state index contributed by atoms with van der Waals surface area (Å²) >= 11 is 0. The lowest BCUT2D eigenvalue weighted by atomic mass is 9.98. The van der Waals surface area contributed by atoms with E-state index in [-0.39, 0.29) is 12.4 Å². The van der Waals surface area contributed by atoms with E-state index in [1.165, 1.54) is 36.9 Å². The third kappa shape index (κ3) is 2.78. The molecule has 4 heteroatoms. The number of nitrogens with zero attached hydrogens (tertiary/aromatic N) is 2. The number of nitrogens with two attached hydrogens (primary N) is 1. The Hall–Kier alpha value is -1.16. The van der Waals surface area contributed by atoms with E-state index in [1.54, 1.807) is 0 Å². The predicted octanol–water partition coefficient (Wildman–Crippen LogP) is 2.83. The number of aromatic nitrogens is 1. The second kappa shape index (κ2) is 5.91. The SMILES string of the molecule is Cl.NC1CCC2CN(Cc3ccc4ncccc4c3)CC12. The first-order valence-electron chi connectivity index (χ1n) is 7.61. The van der Waals surface area contributed by atoms with Crippen LogP contribution in [0.4, 0.5) is 0 Å². The normalized spacial score (nSPS) is 28.5. The molecule has 2 aliphatic rings. The zero-order valence-electron chi connectivity index (χ0n) is 12.1. The lowest BCUT2D eigenvalue weighted by molar-refractivity contribution is 0.298. The third-order valence-corrected chi connectivity index (χ3v) is 5.06. The van der Waals surface area contributed by atoms with Crippen LogP contribution >= 0.6 is 12.4 Å². The molecule has 3 atom stereocenters. The lowest BCUT2D eigenvalue weighted by Crippen LogP contribution is -2.30. The highest BCUT2D eigenvalue weighted by Gasteiger charge is 2.40. The molecule has 112 valence electrons. The Morgan fingerprint density at radius 3 is 2.95 bits per heavy atom. The van der Waals surface area contributed by atoms with Gasteiger partial charge in [-0.25, -0.2) is 0 Å². The van der Waals surface area contributed by atoms with Crippen LogP contribution in [0, 0.1) is 11.8 Å². The zero-order chi connectivity index (χ0) is 13.5. The summed E-state index contributed by atoms with van der Waals surface area (Å²) in [6, 6.07) is 11.2. The Labute approximate surface area is 131 Å². The Balaban J connectivity index is 0.00000132. The van der Waals surface area contributed by atoms with Crippen LogP contribution in [0.25, 0.3) is 10.9 Å². The minimum absolute atomic E-state index is 0. The summed E-state index contributed by atoms with van der Waals surface area (Å²) < 4.78 is 0. The number of pyridine rings is 1. The van der Waals surface area contributed by atoms with E-state index in [9.17, 15) is 0 Å². The van der Waals surface area contributed by atoms with E-state index >= 15 is 0 Å². The zero-order valence-corrected chi connectivity index (χ0v) is 12.9. The van der Waals surface area contributed by atoms with E-state index < -0.39 is 0 Å². The number of halogens is 1. The molecule has 21 heavy (non-hydrogen) atoms. The molecular formula is C17H22ClN3. The molecule has 0 spiro atoms. The van der Waals surface area contributed by atoms with Gasteiger partial charge in [-0.3, -0.25) is 9.88 Å². The van der Waals surface area contributed by atoms with Gasteiger partial charge in [0.05, 0.1) is 5.52 Å². The average Bonchev–Trinajstić information content (AvgIpc) is 3.01. The quantitative estimate of drug-likeness (QED) is 0.927. The lowest BCUT2D eigenvalue weighted by Gasteiger charge is -2.18. The molecule has 1 aromatic heterocycles. The minimum atomic E-state index is 0. The number of rotatable bonds is 2. The largest absolute Gasteiger partial charge is 0.327 e. The number of hydrogen-bond acceptors (Lipinski definition) is 3. The second-order valence-electron chi connectivity index (χ2n) is 6.39. The van der Waals surface area contributed by atoms with Crippen LogP contribution in [0.2, 0.25) is 0 Å². The molecule has 0 amide bonds. The maximum atomic E-state index is 6.21.